The van der Waals surface area contributed by atoms with Gasteiger partial charge in [-0.25, -0.2) is 4.98 Å². The molecule has 150 valence electrons. The third-order valence-electron chi connectivity index (χ3n) is 5.14. The lowest BCUT2D eigenvalue weighted by Crippen LogP contribution is -2.36. The standard InChI is InChI=1S/C22H29N3O3/c1-17-3-7-19(8-4-17)24-22(26)10-6-18-5-9-20(21(15-18)27-2)28-14-13-25-12-11-23-16-25/h5-6,9-12,15-17,19H,3-4,7-8,13-14H2,1-2H3,(H,24,26)/t17-,19-. The maximum atomic E-state index is 12.2. The van der Waals surface area contributed by atoms with Gasteiger partial charge in [-0.2, -0.15) is 0 Å². The molecule has 0 radical (unpaired) electrons. The van der Waals surface area contributed by atoms with E-state index in [1.807, 2.05) is 29.0 Å². The minimum absolute atomic E-state index is 0.0424. The maximum Gasteiger partial charge on any atom is 0.244 e. The molecule has 1 amide bonds. The number of imidazole rings is 1. The van der Waals surface area contributed by atoms with Crippen molar-refractivity contribution < 1.29 is 14.3 Å². The van der Waals surface area contributed by atoms with Crippen molar-refractivity contribution in [3.05, 3.63) is 48.6 Å². The van der Waals surface area contributed by atoms with Gasteiger partial charge < -0.3 is 19.4 Å². The summed E-state index contributed by atoms with van der Waals surface area (Å²) in [7, 11) is 1.61. The van der Waals surface area contributed by atoms with Gasteiger partial charge in [-0.15, -0.1) is 0 Å². The van der Waals surface area contributed by atoms with E-state index in [1.165, 1.54) is 12.8 Å². The average molecular weight is 383 g/mol. The molecule has 1 fully saturated rings. The van der Waals surface area contributed by atoms with E-state index in [0.717, 1.165) is 24.3 Å². The lowest BCUT2D eigenvalue weighted by molar-refractivity contribution is -0.117. The van der Waals surface area contributed by atoms with E-state index in [9.17, 15) is 4.79 Å². The Kier molecular flexibility index (Phi) is 7.12. The summed E-state index contributed by atoms with van der Waals surface area (Å²) in [5.74, 6) is 2.06. The first-order valence-corrected chi connectivity index (χ1v) is 9.89. The highest BCUT2D eigenvalue weighted by Crippen LogP contribution is 2.28. The minimum Gasteiger partial charge on any atom is -0.493 e. The number of rotatable bonds is 8. The molecule has 1 saturated carbocycles. The number of amides is 1. The Morgan fingerprint density at radius 1 is 1.29 bits per heavy atom. The molecule has 0 atom stereocenters. The van der Waals surface area contributed by atoms with Crippen LogP contribution in [0.3, 0.4) is 0 Å². The number of methoxy groups -OCH3 is 1. The van der Waals surface area contributed by atoms with Crippen molar-refractivity contribution in [2.24, 2.45) is 5.92 Å². The Bertz CT molecular complexity index is 778. The van der Waals surface area contributed by atoms with Crippen molar-refractivity contribution in [3.63, 3.8) is 0 Å². The number of aromatic nitrogens is 2. The van der Waals surface area contributed by atoms with Crippen LogP contribution in [0.15, 0.2) is 43.0 Å². The van der Waals surface area contributed by atoms with Crippen molar-refractivity contribution in [1.29, 1.82) is 0 Å². The van der Waals surface area contributed by atoms with Crippen molar-refractivity contribution in [1.82, 2.24) is 14.9 Å². The number of carbonyl (C=O) groups is 1. The second-order valence-corrected chi connectivity index (χ2v) is 7.36. The van der Waals surface area contributed by atoms with Gasteiger partial charge in [0, 0.05) is 24.5 Å². The Morgan fingerprint density at radius 2 is 2.11 bits per heavy atom. The van der Waals surface area contributed by atoms with E-state index >= 15 is 0 Å². The van der Waals surface area contributed by atoms with E-state index in [0.29, 0.717) is 30.7 Å². The Labute approximate surface area is 166 Å². The molecule has 0 unspecified atom stereocenters. The number of nitrogens with zero attached hydrogens (tertiary/aromatic N) is 2. The average Bonchev–Trinajstić information content (AvgIpc) is 3.22. The molecule has 1 N–H and O–H groups in total. The molecule has 1 aromatic carbocycles. The van der Waals surface area contributed by atoms with Crippen LogP contribution in [0.1, 0.15) is 38.2 Å². The maximum absolute atomic E-state index is 12.2. The minimum atomic E-state index is -0.0424. The molecule has 0 aliphatic heterocycles. The highest BCUT2D eigenvalue weighted by atomic mass is 16.5. The lowest BCUT2D eigenvalue weighted by Gasteiger charge is -2.26. The van der Waals surface area contributed by atoms with Crippen molar-refractivity contribution in [2.45, 2.75) is 45.2 Å². The van der Waals surface area contributed by atoms with Gasteiger partial charge in [-0.1, -0.05) is 13.0 Å². The zero-order valence-electron chi connectivity index (χ0n) is 16.6. The van der Waals surface area contributed by atoms with Crippen LogP contribution in [0.4, 0.5) is 0 Å². The van der Waals surface area contributed by atoms with Crippen LogP contribution < -0.4 is 14.8 Å². The zero-order chi connectivity index (χ0) is 19.8. The molecule has 6 nitrogen and oxygen atoms in total. The van der Waals surface area contributed by atoms with Crippen molar-refractivity contribution in [3.8, 4) is 11.5 Å². The van der Waals surface area contributed by atoms with Crippen LogP contribution in [0.5, 0.6) is 11.5 Å². The van der Waals surface area contributed by atoms with Crippen LogP contribution >= 0.6 is 0 Å². The summed E-state index contributed by atoms with van der Waals surface area (Å²) in [6.45, 7) is 3.51. The number of hydrogen-bond acceptors (Lipinski definition) is 4. The number of benzene rings is 1. The third kappa shape index (κ3) is 5.87. The Balaban J connectivity index is 1.52. The molecule has 0 bridgehead atoms. The predicted molar refractivity (Wildman–Crippen MR) is 109 cm³/mol. The number of nitrogens with one attached hydrogen (secondary N) is 1. The topological polar surface area (TPSA) is 65.4 Å². The Hall–Kier alpha value is -2.76. The van der Waals surface area contributed by atoms with Gasteiger partial charge in [-0.05, 0) is 55.4 Å². The largest absolute Gasteiger partial charge is 0.493 e. The fraction of sp³-hybridized carbons (Fsp3) is 0.455. The quantitative estimate of drug-likeness (QED) is 0.706. The van der Waals surface area contributed by atoms with E-state index in [1.54, 1.807) is 31.8 Å². The van der Waals surface area contributed by atoms with Gasteiger partial charge in [0.1, 0.15) is 6.61 Å². The van der Waals surface area contributed by atoms with Gasteiger partial charge in [0.05, 0.1) is 20.0 Å². The summed E-state index contributed by atoms with van der Waals surface area (Å²) in [5, 5.41) is 3.10. The molecule has 1 aromatic heterocycles. The molecule has 1 aliphatic rings. The van der Waals surface area contributed by atoms with Crippen LogP contribution in [0, 0.1) is 5.92 Å². The Morgan fingerprint density at radius 3 is 2.82 bits per heavy atom. The summed E-state index contributed by atoms with van der Waals surface area (Å²) in [6, 6.07) is 5.96. The number of carbonyl (C=O) groups excluding carboxylic acids is 1. The SMILES string of the molecule is COc1cc(C=CC(=O)N[C@H]2CC[C@H](C)CC2)ccc1OCCn1ccnc1. The molecule has 1 heterocycles. The number of hydrogen-bond donors (Lipinski definition) is 1. The second-order valence-electron chi connectivity index (χ2n) is 7.36. The second kappa shape index (κ2) is 9.97. The van der Waals surface area contributed by atoms with Gasteiger partial charge in [0.2, 0.25) is 5.91 Å². The molecule has 3 rings (SSSR count). The third-order valence-corrected chi connectivity index (χ3v) is 5.14. The summed E-state index contributed by atoms with van der Waals surface area (Å²) in [5.41, 5.74) is 0.895. The molecule has 1 aliphatic carbocycles. The van der Waals surface area contributed by atoms with Gasteiger partial charge in [0.15, 0.2) is 11.5 Å². The highest BCUT2D eigenvalue weighted by Gasteiger charge is 2.18. The van der Waals surface area contributed by atoms with Crippen LogP contribution in [-0.4, -0.2) is 35.2 Å². The van der Waals surface area contributed by atoms with Crippen molar-refractivity contribution in [2.75, 3.05) is 13.7 Å². The first-order valence-electron chi connectivity index (χ1n) is 9.89. The summed E-state index contributed by atoms with van der Waals surface area (Å²) < 4.78 is 13.2. The fourth-order valence-electron chi connectivity index (χ4n) is 3.41. The smallest absolute Gasteiger partial charge is 0.244 e. The monoisotopic (exact) mass is 383 g/mol. The van der Waals surface area contributed by atoms with Gasteiger partial charge in [-0.3, -0.25) is 4.79 Å². The molecule has 0 saturated heterocycles. The lowest BCUT2D eigenvalue weighted by atomic mass is 9.87. The number of ether oxygens (including phenoxy) is 2. The summed E-state index contributed by atoms with van der Waals surface area (Å²) >= 11 is 0. The molecular weight excluding hydrogens is 354 g/mol. The van der Waals surface area contributed by atoms with Crippen LogP contribution in [-0.2, 0) is 11.3 Å². The summed E-state index contributed by atoms with van der Waals surface area (Å²) in [4.78, 5) is 16.2. The van der Waals surface area contributed by atoms with E-state index in [-0.39, 0.29) is 5.91 Å². The molecule has 2 aromatic rings. The van der Waals surface area contributed by atoms with E-state index < -0.39 is 0 Å². The highest BCUT2D eigenvalue weighted by molar-refractivity contribution is 5.92. The molecule has 28 heavy (non-hydrogen) atoms. The van der Waals surface area contributed by atoms with Crippen LogP contribution in [0.2, 0.25) is 0 Å². The first-order chi connectivity index (χ1) is 13.6. The predicted octanol–water partition coefficient (Wildman–Crippen LogP) is 3.68. The van der Waals surface area contributed by atoms with Crippen LogP contribution in [0.25, 0.3) is 6.08 Å². The molecule has 6 heteroatoms. The van der Waals surface area contributed by atoms with Gasteiger partial charge in [0.25, 0.3) is 0 Å². The fourth-order valence-corrected chi connectivity index (χ4v) is 3.41. The zero-order valence-corrected chi connectivity index (χ0v) is 16.6. The van der Waals surface area contributed by atoms with E-state index in [4.69, 9.17) is 9.47 Å². The van der Waals surface area contributed by atoms with Crippen molar-refractivity contribution >= 4 is 12.0 Å². The summed E-state index contributed by atoms with van der Waals surface area (Å²) in [6.07, 6.45) is 13.3. The first kappa shape index (κ1) is 20.0. The van der Waals surface area contributed by atoms with Gasteiger partial charge >= 0.3 is 0 Å². The van der Waals surface area contributed by atoms with E-state index in [2.05, 4.69) is 17.2 Å². The molecule has 0 spiro atoms. The normalized spacial score (nSPS) is 19.5. The molecular formula is C22H29N3O3.